The summed E-state index contributed by atoms with van der Waals surface area (Å²) in [5, 5.41) is 1.32. The van der Waals surface area contributed by atoms with E-state index >= 15 is 0 Å². The van der Waals surface area contributed by atoms with Crippen LogP contribution < -0.4 is 0 Å². The van der Waals surface area contributed by atoms with Crippen LogP contribution in [-0.4, -0.2) is 54.3 Å². The van der Waals surface area contributed by atoms with Gasteiger partial charge in [-0.3, -0.25) is 4.84 Å². The van der Waals surface area contributed by atoms with Crippen LogP contribution in [0.15, 0.2) is 0 Å². The highest BCUT2D eigenvalue weighted by atomic mass is 16.7. The van der Waals surface area contributed by atoms with Gasteiger partial charge >= 0.3 is 12.0 Å². The lowest BCUT2D eigenvalue weighted by Gasteiger charge is -2.21. The molecule has 0 saturated carbocycles. The molecule has 0 aromatic carbocycles. The summed E-state index contributed by atoms with van der Waals surface area (Å²) in [6, 6.07) is -0.0394. The third-order valence-corrected chi connectivity index (χ3v) is 2.81. The van der Waals surface area contributed by atoms with Crippen molar-refractivity contribution in [2.45, 2.75) is 25.8 Å². The lowest BCUT2D eigenvalue weighted by Crippen LogP contribution is -2.35. The summed E-state index contributed by atoms with van der Waals surface area (Å²) in [4.78, 5) is 29.8. The first-order chi connectivity index (χ1) is 7.72. The summed E-state index contributed by atoms with van der Waals surface area (Å²) < 4.78 is 4.73. The summed E-state index contributed by atoms with van der Waals surface area (Å²) in [5.41, 5.74) is 0. The molecule has 6 heteroatoms. The van der Waals surface area contributed by atoms with Gasteiger partial charge in [0.1, 0.15) is 0 Å². The van der Waals surface area contributed by atoms with Crippen LogP contribution in [0.3, 0.4) is 0 Å². The number of fused-ring (bicyclic) bond motifs is 2. The third kappa shape index (κ3) is 2.11. The molecule has 0 aromatic heterocycles. The second kappa shape index (κ2) is 4.69. The van der Waals surface area contributed by atoms with Crippen LogP contribution in [-0.2, 0) is 14.4 Å². The van der Waals surface area contributed by atoms with Gasteiger partial charge < -0.3 is 9.64 Å². The van der Waals surface area contributed by atoms with E-state index in [1.165, 1.54) is 5.06 Å². The van der Waals surface area contributed by atoms with E-state index in [0.29, 0.717) is 13.2 Å². The van der Waals surface area contributed by atoms with Crippen LogP contribution in [0.1, 0.15) is 19.8 Å². The molecular weight excluding hydrogens is 212 g/mol. The molecule has 1 atom stereocenters. The van der Waals surface area contributed by atoms with Gasteiger partial charge in [-0.25, -0.2) is 9.59 Å². The predicted octanol–water partition coefficient (Wildman–Crippen LogP) is 0.381. The molecule has 2 aliphatic heterocycles. The van der Waals surface area contributed by atoms with Crippen molar-refractivity contribution in [3.8, 4) is 0 Å². The number of carbonyl (C=O) groups is 2. The number of amides is 2. The molecule has 1 unspecified atom stereocenters. The Labute approximate surface area is 94.0 Å². The molecule has 6 nitrogen and oxygen atoms in total. The lowest BCUT2D eigenvalue weighted by molar-refractivity contribution is -0.172. The van der Waals surface area contributed by atoms with Crippen molar-refractivity contribution in [1.29, 1.82) is 0 Å². The van der Waals surface area contributed by atoms with Gasteiger partial charge in [0.25, 0.3) is 0 Å². The molecule has 0 N–H and O–H groups in total. The van der Waals surface area contributed by atoms with E-state index in [1.807, 2.05) is 0 Å². The smallest absolute Gasteiger partial charge is 0.344 e. The SMILES string of the molecule is CCOC(=O)CON1C(=O)N2CCCC1C2. The lowest BCUT2D eigenvalue weighted by atomic mass is 10.1. The van der Waals surface area contributed by atoms with Gasteiger partial charge in [-0.15, -0.1) is 0 Å². The maximum Gasteiger partial charge on any atom is 0.344 e. The second-order valence-electron chi connectivity index (χ2n) is 3.93. The number of hydrogen-bond donors (Lipinski definition) is 0. The van der Waals surface area contributed by atoms with Crippen molar-refractivity contribution in [2.75, 3.05) is 26.3 Å². The number of hydroxylamine groups is 2. The molecule has 90 valence electrons. The number of urea groups is 1. The van der Waals surface area contributed by atoms with E-state index in [-0.39, 0.29) is 18.7 Å². The molecule has 0 aromatic rings. The van der Waals surface area contributed by atoms with Gasteiger partial charge in [0.15, 0.2) is 6.61 Å². The molecule has 2 bridgehead atoms. The predicted molar refractivity (Wildman–Crippen MR) is 54.4 cm³/mol. The van der Waals surface area contributed by atoms with E-state index in [2.05, 4.69) is 0 Å². The van der Waals surface area contributed by atoms with Crippen molar-refractivity contribution in [1.82, 2.24) is 9.96 Å². The van der Waals surface area contributed by atoms with E-state index in [4.69, 9.17) is 9.57 Å². The summed E-state index contributed by atoms with van der Waals surface area (Å²) in [6.45, 7) is 3.36. The van der Waals surface area contributed by atoms with Gasteiger partial charge in [-0.2, -0.15) is 5.06 Å². The number of nitrogens with zero attached hydrogens (tertiary/aromatic N) is 2. The third-order valence-electron chi connectivity index (χ3n) is 2.81. The molecule has 0 spiro atoms. The molecule has 2 saturated heterocycles. The second-order valence-corrected chi connectivity index (χ2v) is 3.93. The van der Waals surface area contributed by atoms with Crippen LogP contribution in [0.5, 0.6) is 0 Å². The van der Waals surface area contributed by atoms with Crippen molar-refractivity contribution in [2.24, 2.45) is 0 Å². The molecule has 0 radical (unpaired) electrons. The fourth-order valence-corrected chi connectivity index (χ4v) is 2.10. The van der Waals surface area contributed by atoms with Crippen LogP contribution in [0.25, 0.3) is 0 Å². The zero-order chi connectivity index (χ0) is 11.5. The van der Waals surface area contributed by atoms with Crippen LogP contribution in [0.2, 0.25) is 0 Å². The molecule has 0 aliphatic carbocycles. The van der Waals surface area contributed by atoms with Crippen LogP contribution in [0, 0.1) is 0 Å². The Morgan fingerprint density at radius 3 is 3.06 bits per heavy atom. The highest BCUT2D eigenvalue weighted by Crippen LogP contribution is 2.25. The Morgan fingerprint density at radius 2 is 2.38 bits per heavy atom. The number of esters is 1. The number of rotatable bonds is 4. The van der Waals surface area contributed by atoms with Crippen molar-refractivity contribution in [3.63, 3.8) is 0 Å². The average molecular weight is 228 g/mol. The number of carbonyl (C=O) groups excluding carboxylic acids is 2. The first kappa shape index (κ1) is 11.2. The normalized spacial score (nSPS) is 23.8. The molecule has 16 heavy (non-hydrogen) atoms. The molecule has 2 aliphatic rings. The summed E-state index contributed by atoms with van der Waals surface area (Å²) >= 11 is 0. The molecule has 2 rings (SSSR count). The minimum absolute atomic E-state index is 0.0932. The Kier molecular flexibility index (Phi) is 3.28. The quantitative estimate of drug-likeness (QED) is 0.653. The molecule has 2 heterocycles. The Morgan fingerprint density at radius 1 is 1.56 bits per heavy atom. The number of ether oxygens (including phenoxy) is 1. The van der Waals surface area contributed by atoms with Crippen molar-refractivity contribution >= 4 is 12.0 Å². The van der Waals surface area contributed by atoms with Gasteiger partial charge in [0.05, 0.1) is 12.6 Å². The van der Waals surface area contributed by atoms with Crippen LogP contribution in [0.4, 0.5) is 4.79 Å². The monoisotopic (exact) mass is 228 g/mol. The summed E-state index contributed by atoms with van der Waals surface area (Å²) in [5.74, 6) is -0.438. The maximum absolute atomic E-state index is 11.7. The Bertz CT molecular complexity index is 295. The Balaban J connectivity index is 1.85. The van der Waals surface area contributed by atoms with E-state index in [1.54, 1.807) is 11.8 Å². The average Bonchev–Trinajstić information content (AvgIpc) is 2.49. The van der Waals surface area contributed by atoms with Crippen molar-refractivity contribution < 1.29 is 19.2 Å². The molecule has 2 amide bonds. The number of piperidine rings is 1. The zero-order valence-electron chi connectivity index (χ0n) is 9.35. The van der Waals surface area contributed by atoms with E-state index in [0.717, 1.165) is 19.4 Å². The highest BCUT2D eigenvalue weighted by Gasteiger charge is 2.41. The fourth-order valence-electron chi connectivity index (χ4n) is 2.10. The topological polar surface area (TPSA) is 59.1 Å². The van der Waals surface area contributed by atoms with E-state index < -0.39 is 5.97 Å². The van der Waals surface area contributed by atoms with Crippen LogP contribution >= 0.6 is 0 Å². The summed E-state index contributed by atoms with van der Waals surface area (Å²) in [7, 11) is 0. The van der Waals surface area contributed by atoms with Gasteiger partial charge in [0, 0.05) is 13.1 Å². The van der Waals surface area contributed by atoms with Gasteiger partial charge in [-0.05, 0) is 19.8 Å². The zero-order valence-corrected chi connectivity index (χ0v) is 9.35. The highest BCUT2D eigenvalue weighted by molar-refractivity contribution is 5.77. The van der Waals surface area contributed by atoms with Gasteiger partial charge in [0.2, 0.25) is 0 Å². The minimum atomic E-state index is -0.438. The number of hydrogen-bond acceptors (Lipinski definition) is 4. The largest absolute Gasteiger partial charge is 0.464 e. The maximum atomic E-state index is 11.7. The molecule has 2 fully saturated rings. The van der Waals surface area contributed by atoms with Gasteiger partial charge in [-0.1, -0.05) is 0 Å². The minimum Gasteiger partial charge on any atom is -0.464 e. The van der Waals surface area contributed by atoms with E-state index in [9.17, 15) is 9.59 Å². The first-order valence-corrected chi connectivity index (χ1v) is 5.59. The molecular formula is C10H16N2O4. The first-order valence-electron chi connectivity index (χ1n) is 5.59. The summed E-state index contributed by atoms with van der Waals surface area (Å²) in [6.07, 6.45) is 1.93. The Hall–Kier alpha value is -1.30. The van der Waals surface area contributed by atoms with Crippen molar-refractivity contribution in [3.05, 3.63) is 0 Å². The fraction of sp³-hybridized carbons (Fsp3) is 0.800. The standard InChI is InChI=1S/C10H16N2O4/c1-2-15-9(13)7-16-12-8-4-3-5-11(6-8)10(12)14/h8H,2-7H2,1H3.